The minimum atomic E-state index is -0.476. The highest BCUT2D eigenvalue weighted by Gasteiger charge is 2.19. The van der Waals surface area contributed by atoms with Gasteiger partial charge in [-0.1, -0.05) is 18.2 Å². The van der Waals surface area contributed by atoms with Crippen LogP contribution in [0.4, 0.5) is 11.4 Å². The summed E-state index contributed by atoms with van der Waals surface area (Å²) in [5, 5.41) is 9.83. The average Bonchev–Trinajstić information content (AvgIpc) is 3.36. The fraction of sp³-hybridized carbons (Fsp3) is 0.273. The topological polar surface area (TPSA) is 98.1 Å². The highest BCUT2D eigenvalue weighted by Crippen LogP contribution is 2.29. The number of methoxy groups -OCH3 is 1. The molecule has 8 heteroatoms. The van der Waals surface area contributed by atoms with Crippen molar-refractivity contribution < 1.29 is 14.3 Å². The standard InChI is InChI=1S/C22H23N5O3/c1-13-10-11-15(20(28)23-17-9-5-7-14-6-4-8-16(14)17)12-18(13)24-21(29)19-25-22(30-3)27(2)26-19/h5,7,9-12H,4,6,8H2,1-3H3,(H,23,28)(H,24,29). The number of fused-ring (bicyclic) bond motifs is 1. The number of ether oxygens (including phenoxy) is 1. The number of hydrogen-bond donors (Lipinski definition) is 2. The van der Waals surface area contributed by atoms with Gasteiger partial charge < -0.3 is 15.4 Å². The number of anilines is 2. The van der Waals surface area contributed by atoms with Crippen LogP contribution in [0.2, 0.25) is 0 Å². The molecule has 4 rings (SSSR count). The number of rotatable bonds is 5. The van der Waals surface area contributed by atoms with Gasteiger partial charge in [0.25, 0.3) is 11.8 Å². The minimum Gasteiger partial charge on any atom is -0.467 e. The first-order chi connectivity index (χ1) is 14.5. The first-order valence-electron chi connectivity index (χ1n) is 9.75. The van der Waals surface area contributed by atoms with E-state index in [1.807, 2.05) is 19.1 Å². The number of nitrogens with one attached hydrogen (secondary N) is 2. The zero-order valence-electron chi connectivity index (χ0n) is 17.2. The van der Waals surface area contributed by atoms with E-state index in [1.165, 1.54) is 22.9 Å². The quantitative estimate of drug-likeness (QED) is 0.680. The van der Waals surface area contributed by atoms with E-state index in [0.717, 1.165) is 30.5 Å². The summed E-state index contributed by atoms with van der Waals surface area (Å²) in [4.78, 5) is 29.4. The van der Waals surface area contributed by atoms with Crippen LogP contribution in [0.25, 0.3) is 0 Å². The van der Waals surface area contributed by atoms with Gasteiger partial charge in [0.05, 0.1) is 7.11 Å². The third-order valence-electron chi connectivity index (χ3n) is 5.25. The lowest BCUT2D eigenvalue weighted by Crippen LogP contribution is -2.17. The Bertz CT molecular complexity index is 1140. The molecule has 1 aliphatic rings. The number of benzene rings is 2. The van der Waals surface area contributed by atoms with Gasteiger partial charge in [-0.2, -0.15) is 4.98 Å². The van der Waals surface area contributed by atoms with Gasteiger partial charge in [-0.15, -0.1) is 5.10 Å². The fourth-order valence-electron chi connectivity index (χ4n) is 3.65. The number of carbonyl (C=O) groups is 2. The second-order valence-electron chi connectivity index (χ2n) is 7.28. The summed E-state index contributed by atoms with van der Waals surface area (Å²) in [5.74, 6) is -0.706. The third-order valence-corrected chi connectivity index (χ3v) is 5.25. The monoisotopic (exact) mass is 405 g/mol. The zero-order valence-corrected chi connectivity index (χ0v) is 17.2. The van der Waals surface area contributed by atoms with E-state index in [9.17, 15) is 9.59 Å². The molecule has 0 radical (unpaired) electrons. The normalized spacial score (nSPS) is 12.4. The van der Waals surface area contributed by atoms with Crippen LogP contribution < -0.4 is 15.4 Å². The maximum absolute atomic E-state index is 12.9. The van der Waals surface area contributed by atoms with E-state index in [1.54, 1.807) is 25.2 Å². The molecule has 3 aromatic rings. The lowest BCUT2D eigenvalue weighted by molar-refractivity contribution is 0.101. The molecule has 0 atom stereocenters. The molecule has 30 heavy (non-hydrogen) atoms. The van der Waals surface area contributed by atoms with Crippen molar-refractivity contribution in [1.29, 1.82) is 0 Å². The maximum atomic E-state index is 12.9. The van der Waals surface area contributed by atoms with Crippen molar-refractivity contribution in [2.24, 2.45) is 7.05 Å². The van der Waals surface area contributed by atoms with Gasteiger partial charge in [0.1, 0.15) is 0 Å². The Morgan fingerprint density at radius 2 is 1.87 bits per heavy atom. The molecule has 1 aliphatic carbocycles. The van der Waals surface area contributed by atoms with Gasteiger partial charge >= 0.3 is 6.01 Å². The first-order valence-corrected chi connectivity index (χ1v) is 9.75. The van der Waals surface area contributed by atoms with Crippen LogP contribution in [-0.4, -0.2) is 33.7 Å². The molecule has 0 spiro atoms. The fourth-order valence-corrected chi connectivity index (χ4v) is 3.65. The number of aromatic nitrogens is 3. The highest BCUT2D eigenvalue weighted by atomic mass is 16.5. The summed E-state index contributed by atoms with van der Waals surface area (Å²) in [6.07, 6.45) is 3.13. The van der Waals surface area contributed by atoms with Crippen molar-refractivity contribution in [1.82, 2.24) is 14.8 Å². The van der Waals surface area contributed by atoms with Crippen LogP contribution in [0.5, 0.6) is 6.01 Å². The Morgan fingerprint density at radius 3 is 2.63 bits per heavy atom. The Kier molecular flexibility index (Phi) is 5.22. The SMILES string of the molecule is COc1nc(C(=O)Nc2cc(C(=O)Nc3cccc4c3CCC4)ccc2C)nn1C. The van der Waals surface area contributed by atoms with Gasteiger partial charge in [0.2, 0.25) is 5.82 Å². The molecule has 0 aliphatic heterocycles. The van der Waals surface area contributed by atoms with Crippen molar-refractivity contribution in [3.8, 4) is 6.01 Å². The number of amides is 2. The van der Waals surface area contributed by atoms with Crippen LogP contribution in [0.3, 0.4) is 0 Å². The van der Waals surface area contributed by atoms with E-state index >= 15 is 0 Å². The van der Waals surface area contributed by atoms with E-state index in [0.29, 0.717) is 11.3 Å². The molecule has 0 fully saturated rings. The van der Waals surface area contributed by atoms with Crippen molar-refractivity contribution in [2.75, 3.05) is 17.7 Å². The minimum absolute atomic E-state index is 0.0107. The Balaban J connectivity index is 1.53. The number of aryl methyl sites for hydroxylation is 3. The van der Waals surface area contributed by atoms with Gasteiger partial charge in [0.15, 0.2) is 0 Å². The van der Waals surface area contributed by atoms with Gasteiger partial charge in [-0.25, -0.2) is 4.68 Å². The van der Waals surface area contributed by atoms with Gasteiger partial charge in [-0.3, -0.25) is 9.59 Å². The predicted octanol–water partition coefficient (Wildman–Crippen LogP) is 3.13. The lowest BCUT2D eigenvalue weighted by atomic mass is 10.1. The molecular weight excluding hydrogens is 382 g/mol. The van der Waals surface area contributed by atoms with Crippen LogP contribution >= 0.6 is 0 Å². The molecule has 1 heterocycles. The van der Waals surface area contributed by atoms with Gasteiger partial charge in [0, 0.05) is 24.0 Å². The number of hydrogen-bond acceptors (Lipinski definition) is 5. The summed E-state index contributed by atoms with van der Waals surface area (Å²) >= 11 is 0. The molecule has 2 amide bonds. The Morgan fingerprint density at radius 1 is 1.07 bits per heavy atom. The summed E-state index contributed by atoms with van der Waals surface area (Å²) in [5.41, 5.74) is 5.16. The van der Waals surface area contributed by atoms with Crippen molar-refractivity contribution in [3.63, 3.8) is 0 Å². The Hall–Kier alpha value is -3.68. The van der Waals surface area contributed by atoms with E-state index < -0.39 is 5.91 Å². The molecular formula is C22H23N5O3. The van der Waals surface area contributed by atoms with E-state index in [4.69, 9.17) is 4.74 Å². The molecule has 2 aromatic carbocycles. The molecule has 0 saturated carbocycles. The van der Waals surface area contributed by atoms with Crippen molar-refractivity contribution in [3.05, 3.63) is 64.5 Å². The summed E-state index contributed by atoms with van der Waals surface area (Å²) in [7, 11) is 3.10. The Labute approximate surface area is 174 Å². The number of nitrogens with zero attached hydrogens (tertiary/aromatic N) is 3. The third kappa shape index (κ3) is 3.76. The summed E-state index contributed by atoms with van der Waals surface area (Å²) < 4.78 is 6.42. The lowest BCUT2D eigenvalue weighted by Gasteiger charge is -2.12. The molecule has 2 N–H and O–H groups in total. The van der Waals surface area contributed by atoms with E-state index in [-0.39, 0.29) is 17.7 Å². The van der Waals surface area contributed by atoms with E-state index in [2.05, 4.69) is 26.8 Å². The van der Waals surface area contributed by atoms with Gasteiger partial charge in [-0.05, 0) is 61.1 Å². The van der Waals surface area contributed by atoms with Crippen molar-refractivity contribution >= 4 is 23.2 Å². The van der Waals surface area contributed by atoms with Crippen LogP contribution in [0, 0.1) is 6.92 Å². The second-order valence-corrected chi connectivity index (χ2v) is 7.28. The summed E-state index contributed by atoms with van der Waals surface area (Å²) in [6.45, 7) is 1.85. The van der Waals surface area contributed by atoms with Crippen LogP contribution in [0.1, 0.15) is 44.1 Å². The molecule has 154 valence electrons. The van der Waals surface area contributed by atoms with Crippen molar-refractivity contribution in [2.45, 2.75) is 26.2 Å². The molecule has 0 saturated heterocycles. The first kappa shape index (κ1) is 19.6. The second kappa shape index (κ2) is 7.98. The molecule has 0 unspecified atom stereocenters. The molecule has 0 bridgehead atoms. The van der Waals surface area contributed by atoms with Crippen LogP contribution in [0.15, 0.2) is 36.4 Å². The zero-order chi connectivity index (χ0) is 21.3. The summed E-state index contributed by atoms with van der Waals surface area (Å²) in [6, 6.07) is 11.4. The maximum Gasteiger partial charge on any atom is 0.314 e. The highest BCUT2D eigenvalue weighted by molar-refractivity contribution is 6.07. The largest absolute Gasteiger partial charge is 0.467 e. The van der Waals surface area contributed by atoms with Crippen LogP contribution in [-0.2, 0) is 19.9 Å². The average molecular weight is 405 g/mol. The smallest absolute Gasteiger partial charge is 0.314 e. The number of carbonyl (C=O) groups excluding carboxylic acids is 2. The predicted molar refractivity (Wildman–Crippen MR) is 113 cm³/mol. The molecule has 8 nitrogen and oxygen atoms in total. The molecule has 1 aromatic heterocycles.